The molecule has 1 atom stereocenters. The lowest BCUT2D eigenvalue weighted by molar-refractivity contribution is -0.118. The zero-order chi connectivity index (χ0) is 26.0. The van der Waals surface area contributed by atoms with Crippen molar-refractivity contribution in [3.05, 3.63) is 88.5 Å². The summed E-state index contributed by atoms with van der Waals surface area (Å²) in [6.07, 6.45) is 0.934. The van der Waals surface area contributed by atoms with Gasteiger partial charge in [-0.25, -0.2) is 17.9 Å². The normalized spacial score (nSPS) is 13.4. The number of nitrogens with zero attached hydrogens (tertiary/aromatic N) is 4. The number of nitriles is 1. The van der Waals surface area contributed by atoms with Crippen molar-refractivity contribution >= 4 is 23.3 Å². The second-order valence-electron chi connectivity index (χ2n) is 8.39. The average Bonchev–Trinajstić information content (AvgIpc) is 3.22. The molecule has 184 valence electrons. The Labute approximate surface area is 204 Å². The van der Waals surface area contributed by atoms with E-state index in [4.69, 9.17) is 11.0 Å². The highest BCUT2D eigenvalue weighted by atomic mass is 19.2. The SMILES string of the molecule is Cc1cc2n(n1)CC(C(=O)Nc1ccc(C#N)cc1)=CN2C(=O)C[C@H](N)Cc1cc(F)c(F)cc1F. The Kier molecular flexibility index (Phi) is 6.89. The smallest absolute Gasteiger partial charge is 0.254 e. The maximum absolute atomic E-state index is 14.0. The Balaban J connectivity index is 1.52. The molecule has 0 saturated heterocycles. The molecule has 36 heavy (non-hydrogen) atoms. The van der Waals surface area contributed by atoms with Crippen molar-refractivity contribution in [2.75, 3.05) is 10.2 Å². The molecule has 1 aliphatic rings. The van der Waals surface area contributed by atoms with Gasteiger partial charge in [0.05, 0.1) is 29.4 Å². The van der Waals surface area contributed by atoms with Crippen molar-refractivity contribution in [2.24, 2.45) is 5.73 Å². The van der Waals surface area contributed by atoms with Crippen molar-refractivity contribution in [3.63, 3.8) is 0 Å². The van der Waals surface area contributed by atoms with Gasteiger partial charge in [0.2, 0.25) is 5.91 Å². The predicted molar refractivity (Wildman–Crippen MR) is 125 cm³/mol. The van der Waals surface area contributed by atoms with Crippen molar-refractivity contribution in [1.29, 1.82) is 5.26 Å². The average molecular weight is 494 g/mol. The minimum atomic E-state index is -1.31. The zero-order valence-electron chi connectivity index (χ0n) is 19.1. The largest absolute Gasteiger partial charge is 0.327 e. The minimum absolute atomic E-state index is 0.112. The van der Waals surface area contributed by atoms with Crippen LogP contribution in [0.15, 0.2) is 54.2 Å². The lowest BCUT2D eigenvalue weighted by Crippen LogP contribution is -2.38. The fourth-order valence-electron chi connectivity index (χ4n) is 3.83. The van der Waals surface area contributed by atoms with Gasteiger partial charge in [0.1, 0.15) is 11.6 Å². The minimum Gasteiger partial charge on any atom is -0.327 e. The molecule has 2 heterocycles. The summed E-state index contributed by atoms with van der Waals surface area (Å²) in [7, 11) is 0. The molecule has 1 aliphatic heterocycles. The number of rotatable bonds is 6. The number of carbonyl (C=O) groups excluding carboxylic acids is 2. The third-order valence-corrected chi connectivity index (χ3v) is 5.57. The molecule has 8 nitrogen and oxygen atoms in total. The summed E-state index contributed by atoms with van der Waals surface area (Å²) in [4.78, 5) is 27.3. The van der Waals surface area contributed by atoms with E-state index in [0.717, 1.165) is 6.07 Å². The fourth-order valence-corrected chi connectivity index (χ4v) is 3.83. The van der Waals surface area contributed by atoms with Crippen LogP contribution in [0, 0.1) is 35.7 Å². The maximum Gasteiger partial charge on any atom is 0.254 e. The highest BCUT2D eigenvalue weighted by molar-refractivity contribution is 6.06. The molecular formula is C25H21F3N6O2. The maximum atomic E-state index is 14.0. The predicted octanol–water partition coefficient (Wildman–Crippen LogP) is 3.31. The number of aryl methyl sites for hydroxylation is 1. The molecule has 0 fully saturated rings. The van der Waals surface area contributed by atoms with Gasteiger partial charge in [0, 0.05) is 36.5 Å². The third kappa shape index (κ3) is 5.29. The molecule has 2 aromatic carbocycles. The lowest BCUT2D eigenvalue weighted by Gasteiger charge is -2.26. The molecule has 4 rings (SSSR count). The van der Waals surface area contributed by atoms with Gasteiger partial charge in [-0.2, -0.15) is 10.4 Å². The van der Waals surface area contributed by atoms with Crippen LogP contribution in [-0.4, -0.2) is 27.6 Å². The lowest BCUT2D eigenvalue weighted by atomic mass is 10.0. The van der Waals surface area contributed by atoms with E-state index in [1.54, 1.807) is 37.3 Å². The molecule has 0 saturated carbocycles. The van der Waals surface area contributed by atoms with Crippen LogP contribution in [0.1, 0.15) is 23.2 Å². The number of fused-ring (bicyclic) bond motifs is 1. The third-order valence-electron chi connectivity index (χ3n) is 5.57. The Morgan fingerprint density at radius 2 is 1.83 bits per heavy atom. The number of halogens is 3. The number of nitrogens with two attached hydrogens (primary N) is 1. The second kappa shape index (κ2) is 10.1. The number of benzene rings is 2. The number of hydrogen-bond acceptors (Lipinski definition) is 5. The van der Waals surface area contributed by atoms with Crippen LogP contribution in [0.2, 0.25) is 0 Å². The molecule has 0 unspecified atom stereocenters. The van der Waals surface area contributed by atoms with Gasteiger partial charge >= 0.3 is 0 Å². The van der Waals surface area contributed by atoms with Gasteiger partial charge in [-0.1, -0.05) is 0 Å². The summed E-state index contributed by atoms with van der Waals surface area (Å²) < 4.78 is 42.2. The van der Waals surface area contributed by atoms with Crippen LogP contribution in [0.3, 0.4) is 0 Å². The zero-order valence-corrected chi connectivity index (χ0v) is 19.1. The van der Waals surface area contributed by atoms with Crippen LogP contribution in [0.25, 0.3) is 0 Å². The van der Waals surface area contributed by atoms with Gasteiger partial charge in [-0.05, 0) is 49.2 Å². The summed E-state index contributed by atoms with van der Waals surface area (Å²) in [6.45, 7) is 1.85. The molecule has 11 heteroatoms. The monoisotopic (exact) mass is 494 g/mol. The van der Waals surface area contributed by atoms with Crippen LogP contribution >= 0.6 is 0 Å². The fraction of sp³-hybridized carbons (Fsp3) is 0.200. The first kappa shape index (κ1) is 24.7. The van der Waals surface area contributed by atoms with E-state index in [-0.39, 0.29) is 30.5 Å². The first-order valence-corrected chi connectivity index (χ1v) is 10.9. The van der Waals surface area contributed by atoms with Crippen LogP contribution in [0.4, 0.5) is 24.7 Å². The summed E-state index contributed by atoms with van der Waals surface area (Å²) in [5.74, 6) is -4.00. The molecule has 0 bridgehead atoms. The van der Waals surface area contributed by atoms with E-state index in [1.165, 1.54) is 15.8 Å². The van der Waals surface area contributed by atoms with E-state index in [9.17, 15) is 22.8 Å². The highest BCUT2D eigenvalue weighted by Crippen LogP contribution is 2.26. The summed E-state index contributed by atoms with van der Waals surface area (Å²) in [5.41, 5.74) is 7.67. The number of hydrogen-bond donors (Lipinski definition) is 2. The van der Waals surface area contributed by atoms with Crippen molar-refractivity contribution in [2.45, 2.75) is 32.4 Å². The van der Waals surface area contributed by atoms with Gasteiger partial charge in [-0.3, -0.25) is 14.5 Å². The van der Waals surface area contributed by atoms with Gasteiger partial charge in [0.15, 0.2) is 11.6 Å². The first-order chi connectivity index (χ1) is 17.1. The van der Waals surface area contributed by atoms with Gasteiger partial charge in [-0.15, -0.1) is 0 Å². The molecule has 3 aromatic rings. The summed E-state index contributed by atoms with van der Waals surface area (Å²) in [5, 5.41) is 16.0. The van der Waals surface area contributed by atoms with Crippen LogP contribution in [0.5, 0.6) is 0 Å². The standard InChI is InChI=1S/C25H21F3N6O2/c1-14-6-23-33(24(35)9-18(30)7-16-8-21(27)22(28)10-20(16)26)12-17(13-34(23)32-14)25(36)31-19-4-2-15(11-29)3-5-19/h2-6,8,10,12,18H,7,9,13,30H2,1H3,(H,31,36)/t18-/m1/s1. The Bertz CT molecular complexity index is 1410. The number of carbonyl (C=O) groups is 2. The van der Waals surface area contributed by atoms with Crippen molar-refractivity contribution in [1.82, 2.24) is 9.78 Å². The van der Waals surface area contributed by atoms with E-state index < -0.39 is 35.3 Å². The molecule has 3 N–H and O–H groups in total. The first-order valence-electron chi connectivity index (χ1n) is 10.9. The molecule has 1 aromatic heterocycles. The Hall–Kier alpha value is -4.43. The molecule has 0 radical (unpaired) electrons. The number of amides is 2. The van der Waals surface area contributed by atoms with E-state index in [1.807, 2.05) is 6.07 Å². The molecular weight excluding hydrogens is 473 g/mol. The molecule has 0 aliphatic carbocycles. The molecule has 0 spiro atoms. The van der Waals surface area contributed by atoms with E-state index >= 15 is 0 Å². The van der Waals surface area contributed by atoms with E-state index in [2.05, 4.69) is 10.4 Å². The van der Waals surface area contributed by atoms with Crippen molar-refractivity contribution < 1.29 is 22.8 Å². The van der Waals surface area contributed by atoms with Gasteiger partial charge in [0.25, 0.3) is 5.91 Å². The number of anilines is 2. The quantitative estimate of drug-likeness (QED) is 0.510. The van der Waals surface area contributed by atoms with Gasteiger partial charge < -0.3 is 11.1 Å². The summed E-state index contributed by atoms with van der Waals surface area (Å²) in [6, 6.07) is 10.2. The number of aromatic nitrogens is 2. The highest BCUT2D eigenvalue weighted by Gasteiger charge is 2.28. The van der Waals surface area contributed by atoms with Crippen LogP contribution in [-0.2, 0) is 22.6 Å². The Morgan fingerprint density at radius 1 is 1.14 bits per heavy atom. The van der Waals surface area contributed by atoms with E-state index in [0.29, 0.717) is 28.8 Å². The van der Waals surface area contributed by atoms with Crippen molar-refractivity contribution in [3.8, 4) is 6.07 Å². The second-order valence-corrected chi connectivity index (χ2v) is 8.39. The Morgan fingerprint density at radius 3 is 2.53 bits per heavy atom. The van der Waals surface area contributed by atoms with Crippen LogP contribution < -0.4 is 16.0 Å². The topological polar surface area (TPSA) is 117 Å². The number of nitrogens with one attached hydrogen (secondary N) is 1. The summed E-state index contributed by atoms with van der Waals surface area (Å²) >= 11 is 0. The molecule has 2 amide bonds.